The highest BCUT2D eigenvalue weighted by Gasteiger charge is 2.16. The van der Waals surface area contributed by atoms with Crippen LogP contribution >= 0.6 is 11.3 Å². The molecule has 0 saturated carbocycles. The van der Waals surface area contributed by atoms with Gasteiger partial charge >= 0.3 is 0 Å². The summed E-state index contributed by atoms with van der Waals surface area (Å²) < 4.78 is 6.83. The summed E-state index contributed by atoms with van der Waals surface area (Å²) in [5.41, 5.74) is 3.03. The van der Waals surface area contributed by atoms with E-state index in [1.807, 2.05) is 37.4 Å². The lowest BCUT2D eigenvalue weighted by molar-refractivity contribution is 0.102. The molecule has 4 rings (SSSR count). The van der Waals surface area contributed by atoms with Gasteiger partial charge in [-0.05, 0) is 36.6 Å². The minimum Gasteiger partial charge on any atom is -0.497 e. The zero-order valence-electron chi connectivity index (χ0n) is 15.4. The maximum Gasteiger partial charge on any atom is 0.262 e. The first kappa shape index (κ1) is 18.1. The maximum absolute atomic E-state index is 12.6. The Morgan fingerprint density at radius 3 is 3.00 bits per heavy atom. The van der Waals surface area contributed by atoms with E-state index < -0.39 is 0 Å². The van der Waals surface area contributed by atoms with Gasteiger partial charge in [0.05, 0.1) is 13.3 Å². The molecule has 0 atom stereocenters. The predicted molar refractivity (Wildman–Crippen MR) is 106 cm³/mol. The molecular weight excluding hydrogens is 376 g/mol. The Morgan fingerprint density at radius 1 is 1.25 bits per heavy atom. The fourth-order valence-corrected chi connectivity index (χ4v) is 3.51. The smallest absolute Gasteiger partial charge is 0.262 e. The predicted octanol–water partition coefficient (Wildman–Crippen LogP) is 2.94. The number of aryl methyl sites for hydroxylation is 3. The number of nitrogens with one attached hydrogen (secondary N) is 1. The van der Waals surface area contributed by atoms with Crippen LogP contribution in [0.2, 0.25) is 0 Å². The Kier molecular flexibility index (Phi) is 4.98. The molecule has 142 valence electrons. The van der Waals surface area contributed by atoms with Gasteiger partial charge in [0.2, 0.25) is 5.13 Å². The second-order valence-electron chi connectivity index (χ2n) is 6.26. The number of hydrogen-bond acceptors (Lipinski definition) is 7. The third-order valence-electron chi connectivity index (χ3n) is 4.18. The number of hydrogen-bond donors (Lipinski definition) is 1. The zero-order chi connectivity index (χ0) is 19.5. The molecule has 0 unspecified atom stereocenters. The first-order chi connectivity index (χ1) is 13.6. The summed E-state index contributed by atoms with van der Waals surface area (Å²) in [4.78, 5) is 16.8. The Labute approximate surface area is 165 Å². The molecule has 0 spiro atoms. The summed E-state index contributed by atoms with van der Waals surface area (Å²) in [5, 5.41) is 16.5. The molecule has 3 aromatic heterocycles. The lowest BCUT2D eigenvalue weighted by Gasteiger charge is -2.02. The van der Waals surface area contributed by atoms with E-state index in [0.29, 0.717) is 16.3 Å². The van der Waals surface area contributed by atoms with Gasteiger partial charge < -0.3 is 4.74 Å². The monoisotopic (exact) mass is 394 g/mol. The lowest BCUT2D eigenvalue weighted by Crippen LogP contribution is -2.11. The van der Waals surface area contributed by atoms with Gasteiger partial charge in [-0.2, -0.15) is 5.10 Å². The van der Waals surface area contributed by atoms with E-state index in [2.05, 4.69) is 25.6 Å². The molecule has 4 aromatic rings. The van der Waals surface area contributed by atoms with Crippen LogP contribution in [0, 0.1) is 6.92 Å². The van der Waals surface area contributed by atoms with Crippen molar-refractivity contribution in [3.8, 4) is 5.75 Å². The number of fused-ring (bicyclic) bond motifs is 1. The molecule has 9 heteroatoms. The van der Waals surface area contributed by atoms with Crippen LogP contribution in [0.3, 0.4) is 0 Å². The van der Waals surface area contributed by atoms with Crippen LogP contribution < -0.4 is 10.1 Å². The van der Waals surface area contributed by atoms with Gasteiger partial charge in [-0.25, -0.2) is 9.50 Å². The number of amides is 1. The van der Waals surface area contributed by atoms with Crippen molar-refractivity contribution in [1.82, 2.24) is 24.8 Å². The molecule has 1 aromatic carbocycles. The van der Waals surface area contributed by atoms with Gasteiger partial charge in [0.1, 0.15) is 16.3 Å². The van der Waals surface area contributed by atoms with Crippen molar-refractivity contribution in [2.75, 3.05) is 12.4 Å². The topological polar surface area (TPSA) is 94.3 Å². The van der Waals surface area contributed by atoms with Crippen molar-refractivity contribution in [2.24, 2.45) is 0 Å². The standard InChI is InChI=1S/C19H18N6O2S/c1-12-9-20-17-15(10-21-25(17)11-12)18(26)22-19-24-23-16(28-19)7-6-13-4-3-5-14(8-13)27-2/h3-5,8-11H,6-7H2,1-2H3,(H,22,24,26). The molecule has 3 heterocycles. The second kappa shape index (κ2) is 7.73. The number of rotatable bonds is 6. The number of methoxy groups -OCH3 is 1. The Bertz CT molecular complexity index is 1140. The molecule has 1 N–H and O–H groups in total. The summed E-state index contributed by atoms with van der Waals surface area (Å²) in [7, 11) is 1.65. The normalized spacial score (nSPS) is 10.9. The number of ether oxygens (including phenoxy) is 1. The Balaban J connectivity index is 1.41. The molecule has 28 heavy (non-hydrogen) atoms. The molecule has 0 aliphatic carbocycles. The number of aromatic nitrogens is 5. The number of nitrogens with zero attached hydrogens (tertiary/aromatic N) is 5. The van der Waals surface area contributed by atoms with Gasteiger partial charge in [-0.1, -0.05) is 23.5 Å². The highest BCUT2D eigenvalue weighted by molar-refractivity contribution is 7.15. The van der Waals surface area contributed by atoms with Crippen LogP contribution in [0.1, 0.15) is 26.5 Å². The number of anilines is 1. The fraction of sp³-hybridized carbons (Fsp3) is 0.211. The average molecular weight is 394 g/mol. The van der Waals surface area contributed by atoms with Crippen molar-refractivity contribution in [1.29, 1.82) is 0 Å². The average Bonchev–Trinajstić information content (AvgIpc) is 3.32. The van der Waals surface area contributed by atoms with Crippen LogP contribution in [0.4, 0.5) is 5.13 Å². The van der Waals surface area contributed by atoms with E-state index in [1.54, 1.807) is 17.8 Å². The van der Waals surface area contributed by atoms with Gasteiger partial charge in [-0.15, -0.1) is 10.2 Å². The molecule has 0 fully saturated rings. The second-order valence-corrected chi connectivity index (χ2v) is 7.33. The molecule has 0 aliphatic rings. The van der Waals surface area contributed by atoms with Crippen molar-refractivity contribution < 1.29 is 9.53 Å². The van der Waals surface area contributed by atoms with E-state index in [0.717, 1.165) is 34.7 Å². The van der Waals surface area contributed by atoms with Crippen molar-refractivity contribution in [3.05, 3.63) is 64.6 Å². The fourth-order valence-electron chi connectivity index (χ4n) is 2.78. The zero-order valence-corrected chi connectivity index (χ0v) is 16.2. The molecule has 0 radical (unpaired) electrons. The van der Waals surface area contributed by atoms with Crippen LogP contribution in [-0.2, 0) is 12.8 Å². The van der Waals surface area contributed by atoms with E-state index >= 15 is 0 Å². The summed E-state index contributed by atoms with van der Waals surface area (Å²) in [6.45, 7) is 1.92. The Hall–Kier alpha value is -3.33. The van der Waals surface area contributed by atoms with Gasteiger partial charge in [0.15, 0.2) is 5.65 Å². The molecular formula is C19H18N6O2S. The first-order valence-corrected chi connectivity index (χ1v) is 9.50. The van der Waals surface area contributed by atoms with Crippen LogP contribution in [-0.4, -0.2) is 37.8 Å². The van der Waals surface area contributed by atoms with Crippen molar-refractivity contribution in [3.63, 3.8) is 0 Å². The number of carbonyl (C=O) groups is 1. The van der Waals surface area contributed by atoms with Gasteiger partial charge in [-0.3, -0.25) is 10.1 Å². The van der Waals surface area contributed by atoms with E-state index in [9.17, 15) is 4.79 Å². The van der Waals surface area contributed by atoms with Crippen LogP contribution in [0.5, 0.6) is 5.75 Å². The quantitative estimate of drug-likeness (QED) is 0.540. The number of benzene rings is 1. The molecule has 8 nitrogen and oxygen atoms in total. The third kappa shape index (κ3) is 3.84. The molecule has 0 aliphatic heterocycles. The minimum atomic E-state index is -0.304. The van der Waals surface area contributed by atoms with Gasteiger partial charge in [0, 0.05) is 18.8 Å². The summed E-state index contributed by atoms with van der Waals surface area (Å²) in [6.07, 6.45) is 6.58. The van der Waals surface area contributed by atoms with E-state index in [-0.39, 0.29) is 5.91 Å². The maximum atomic E-state index is 12.6. The molecule has 0 bridgehead atoms. The molecule has 0 saturated heterocycles. The Morgan fingerprint density at radius 2 is 2.14 bits per heavy atom. The van der Waals surface area contributed by atoms with E-state index in [4.69, 9.17) is 4.74 Å². The van der Waals surface area contributed by atoms with E-state index in [1.165, 1.54) is 17.5 Å². The van der Waals surface area contributed by atoms with Gasteiger partial charge in [0.25, 0.3) is 5.91 Å². The number of carbonyl (C=O) groups excluding carboxylic acids is 1. The minimum absolute atomic E-state index is 0.304. The lowest BCUT2D eigenvalue weighted by atomic mass is 10.1. The van der Waals surface area contributed by atoms with Crippen molar-refractivity contribution >= 4 is 28.0 Å². The van der Waals surface area contributed by atoms with Crippen LogP contribution in [0.25, 0.3) is 5.65 Å². The summed E-state index contributed by atoms with van der Waals surface area (Å²) in [6, 6.07) is 7.93. The largest absolute Gasteiger partial charge is 0.497 e. The highest BCUT2D eigenvalue weighted by Crippen LogP contribution is 2.20. The first-order valence-electron chi connectivity index (χ1n) is 8.69. The summed E-state index contributed by atoms with van der Waals surface area (Å²) in [5.74, 6) is 0.529. The van der Waals surface area contributed by atoms with Crippen LogP contribution in [0.15, 0.2) is 42.9 Å². The van der Waals surface area contributed by atoms with Crippen molar-refractivity contribution in [2.45, 2.75) is 19.8 Å². The third-order valence-corrected chi connectivity index (χ3v) is 5.08. The summed E-state index contributed by atoms with van der Waals surface area (Å²) >= 11 is 1.36. The SMILES string of the molecule is COc1cccc(CCc2nnc(NC(=O)c3cnn4cc(C)cnc34)s2)c1. The molecule has 1 amide bonds. The highest BCUT2D eigenvalue weighted by atomic mass is 32.1.